The second kappa shape index (κ2) is 12.7. The molecule has 2 aliphatic rings. The molecule has 0 radical (unpaired) electrons. The quantitative estimate of drug-likeness (QED) is 0.0960. The van der Waals surface area contributed by atoms with Gasteiger partial charge in [-0.05, 0) is 59.3 Å². The van der Waals surface area contributed by atoms with E-state index in [2.05, 4.69) is 20.9 Å². The lowest BCUT2D eigenvalue weighted by Gasteiger charge is -2.31. The molecule has 3 N–H and O–H groups in total. The zero-order chi connectivity index (χ0) is 27.8. The fraction of sp³-hybridized carbons (Fsp3) is 0.333. The second-order valence-electron chi connectivity index (χ2n) is 9.91. The van der Waals surface area contributed by atoms with Gasteiger partial charge in [-0.15, -0.1) is 0 Å². The van der Waals surface area contributed by atoms with Gasteiger partial charge in [0.2, 0.25) is 5.90 Å². The van der Waals surface area contributed by atoms with Crippen molar-refractivity contribution in [1.82, 2.24) is 10.9 Å². The van der Waals surface area contributed by atoms with Crippen molar-refractivity contribution < 1.29 is 19.4 Å². The Labute approximate surface area is 232 Å². The van der Waals surface area contributed by atoms with Gasteiger partial charge in [-0.2, -0.15) is 0 Å². The molecule has 1 fully saturated rings. The maximum atomic E-state index is 14.1. The van der Waals surface area contributed by atoms with E-state index in [4.69, 9.17) is 25.1 Å². The third-order valence-electron chi connectivity index (χ3n) is 6.98. The second-order valence-corrected chi connectivity index (χ2v) is 9.91. The first-order valence-corrected chi connectivity index (χ1v) is 13.4. The molecular formula is C30H32N6O4. The summed E-state index contributed by atoms with van der Waals surface area (Å²) in [7, 11) is 0. The van der Waals surface area contributed by atoms with Gasteiger partial charge in [0.15, 0.2) is 11.6 Å². The van der Waals surface area contributed by atoms with Crippen molar-refractivity contribution in [2.75, 3.05) is 13.2 Å². The van der Waals surface area contributed by atoms with Gasteiger partial charge in [0.1, 0.15) is 5.75 Å². The van der Waals surface area contributed by atoms with Crippen LogP contribution in [0.25, 0.3) is 10.4 Å². The summed E-state index contributed by atoms with van der Waals surface area (Å²) in [6, 6.07) is 24.8. The zero-order valence-electron chi connectivity index (χ0n) is 22.1. The minimum Gasteiger partial charge on any atom is -0.494 e. The summed E-state index contributed by atoms with van der Waals surface area (Å²) in [5.74, 6) is 0.718. The van der Waals surface area contributed by atoms with Crippen LogP contribution in [0.3, 0.4) is 0 Å². The first-order chi connectivity index (χ1) is 19.6. The van der Waals surface area contributed by atoms with Gasteiger partial charge in [0.05, 0.1) is 13.2 Å². The summed E-state index contributed by atoms with van der Waals surface area (Å²) in [4.78, 5) is 22.1. The third kappa shape index (κ3) is 6.26. The summed E-state index contributed by atoms with van der Waals surface area (Å²) >= 11 is 0. The standard InChI is InChI=1S/C30H32N6O4/c31-36-32-20-24-10-5-4-9-23(24)19-30(29(38)35-34-25-13-14-25)27(21-7-2-1-3-8-21)40-28(33-30)22-11-15-26(16-12-22)39-18-6-17-37/h1-5,7-12,15-16,25,27,34,37H,6,13-14,17-20H2,(H,35,38)/t27-,30-/m0/s1. The van der Waals surface area contributed by atoms with Crippen molar-refractivity contribution in [3.05, 3.63) is 112 Å². The van der Waals surface area contributed by atoms with E-state index in [-0.39, 0.29) is 31.5 Å². The van der Waals surface area contributed by atoms with E-state index in [9.17, 15) is 4.79 Å². The topological polar surface area (TPSA) is 141 Å². The van der Waals surface area contributed by atoms with Gasteiger partial charge >= 0.3 is 0 Å². The van der Waals surface area contributed by atoms with Crippen LogP contribution in [0.15, 0.2) is 89.0 Å². The average Bonchev–Trinajstić information content (AvgIpc) is 3.75. The highest BCUT2D eigenvalue weighted by Crippen LogP contribution is 2.43. The molecule has 1 amide bonds. The van der Waals surface area contributed by atoms with E-state index in [1.54, 1.807) is 0 Å². The molecule has 3 aromatic rings. The van der Waals surface area contributed by atoms with E-state index in [1.807, 2.05) is 78.9 Å². The fourth-order valence-corrected chi connectivity index (χ4v) is 4.70. The Morgan fingerprint density at radius 1 is 1.07 bits per heavy atom. The number of hydrazine groups is 1. The number of rotatable bonds is 13. The minimum absolute atomic E-state index is 0.0648. The van der Waals surface area contributed by atoms with Crippen LogP contribution >= 0.6 is 0 Å². The number of aliphatic imine (C=N–C) groups is 1. The van der Waals surface area contributed by atoms with Gasteiger partial charge in [0, 0.05) is 36.0 Å². The molecule has 1 aliphatic carbocycles. The van der Waals surface area contributed by atoms with E-state index in [0.717, 1.165) is 29.5 Å². The number of benzene rings is 3. The highest BCUT2D eigenvalue weighted by Gasteiger charge is 2.53. The van der Waals surface area contributed by atoms with Crippen LogP contribution in [0.5, 0.6) is 5.75 Å². The molecule has 10 heteroatoms. The Morgan fingerprint density at radius 3 is 2.50 bits per heavy atom. The molecule has 0 spiro atoms. The molecule has 1 saturated carbocycles. The molecule has 1 aliphatic heterocycles. The van der Waals surface area contributed by atoms with Crippen molar-refractivity contribution in [2.45, 2.75) is 49.9 Å². The molecule has 0 saturated heterocycles. The number of ether oxygens (including phenoxy) is 2. The predicted octanol–water partition coefficient (Wildman–Crippen LogP) is 4.54. The summed E-state index contributed by atoms with van der Waals surface area (Å²) in [6.07, 6.45) is 2.07. The molecule has 5 rings (SSSR count). The van der Waals surface area contributed by atoms with Crippen LogP contribution in [-0.4, -0.2) is 41.7 Å². The van der Waals surface area contributed by atoms with Crippen LogP contribution in [0, 0.1) is 0 Å². The number of nitrogens with zero attached hydrogens (tertiary/aromatic N) is 4. The molecule has 206 valence electrons. The molecule has 2 atom stereocenters. The highest BCUT2D eigenvalue weighted by atomic mass is 16.5. The summed E-state index contributed by atoms with van der Waals surface area (Å²) in [5, 5.41) is 12.8. The number of nitrogens with one attached hydrogen (secondary N) is 2. The van der Waals surface area contributed by atoms with E-state index < -0.39 is 11.6 Å². The number of carbonyl (C=O) groups excluding carboxylic acids is 1. The molecule has 10 nitrogen and oxygen atoms in total. The molecule has 0 aromatic heterocycles. The maximum Gasteiger partial charge on any atom is 0.266 e. The number of aliphatic hydroxyl groups is 1. The summed E-state index contributed by atoms with van der Waals surface area (Å²) in [5.41, 5.74) is 16.8. The summed E-state index contributed by atoms with van der Waals surface area (Å²) in [6.45, 7) is 0.640. The SMILES string of the molecule is [N-]=[N+]=NCc1ccccc1C[C@]1(C(=O)NNC2CC2)N=C(c2ccc(OCCCO)cc2)O[C@H]1c1ccccc1. The van der Waals surface area contributed by atoms with E-state index in [0.29, 0.717) is 30.2 Å². The average molecular weight is 541 g/mol. The lowest BCUT2D eigenvalue weighted by molar-refractivity contribution is -0.130. The van der Waals surface area contributed by atoms with Crippen LogP contribution in [0.2, 0.25) is 0 Å². The Morgan fingerprint density at radius 2 is 1.80 bits per heavy atom. The van der Waals surface area contributed by atoms with Gasteiger partial charge in [0.25, 0.3) is 5.91 Å². The minimum atomic E-state index is -1.35. The molecular weight excluding hydrogens is 508 g/mol. The lowest BCUT2D eigenvalue weighted by Crippen LogP contribution is -2.54. The van der Waals surface area contributed by atoms with Crippen molar-refractivity contribution in [2.24, 2.45) is 10.1 Å². The summed E-state index contributed by atoms with van der Waals surface area (Å²) < 4.78 is 12.2. The number of hydrogen-bond donors (Lipinski definition) is 3. The monoisotopic (exact) mass is 540 g/mol. The first-order valence-electron chi connectivity index (χ1n) is 13.4. The largest absolute Gasteiger partial charge is 0.494 e. The molecule has 40 heavy (non-hydrogen) atoms. The Hall–Kier alpha value is -4.37. The Kier molecular flexibility index (Phi) is 8.61. The van der Waals surface area contributed by atoms with Crippen molar-refractivity contribution in [3.63, 3.8) is 0 Å². The van der Waals surface area contributed by atoms with Crippen LogP contribution in [-0.2, 0) is 22.5 Å². The number of aliphatic hydroxyl groups excluding tert-OH is 1. The predicted molar refractivity (Wildman–Crippen MR) is 150 cm³/mol. The first kappa shape index (κ1) is 27.2. The number of azide groups is 1. The lowest BCUT2D eigenvalue weighted by atomic mass is 9.81. The van der Waals surface area contributed by atoms with Gasteiger partial charge in [-0.3, -0.25) is 10.2 Å². The molecule has 0 unspecified atom stereocenters. The normalized spacial score (nSPS) is 19.7. The third-order valence-corrected chi connectivity index (χ3v) is 6.98. The fourth-order valence-electron chi connectivity index (χ4n) is 4.70. The highest BCUT2D eigenvalue weighted by molar-refractivity contribution is 6.01. The van der Waals surface area contributed by atoms with Gasteiger partial charge in [-0.1, -0.05) is 59.7 Å². The van der Waals surface area contributed by atoms with Crippen LogP contribution in [0.4, 0.5) is 0 Å². The molecule has 1 heterocycles. The van der Waals surface area contributed by atoms with Crippen molar-refractivity contribution >= 4 is 11.8 Å². The zero-order valence-corrected chi connectivity index (χ0v) is 22.1. The number of carbonyl (C=O) groups is 1. The van der Waals surface area contributed by atoms with Gasteiger partial charge in [-0.25, -0.2) is 10.4 Å². The van der Waals surface area contributed by atoms with Crippen LogP contribution < -0.4 is 15.6 Å². The molecule has 3 aromatic carbocycles. The van der Waals surface area contributed by atoms with E-state index >= 15 is 0 Å². The Bertz CT molecular complexity index is 1390. The molecule has 0 bridgehead atoms. The van der Waals surface area contributed by atoms with Crippen LogP contribution in [0.1, 0.15) is 47.6 Å². The van der Waals surface area contributed by atoms with E-state index in [1.165, 1.54) is 0 Å². The number of amides is 1. The smallest absolute Gasteiger partial charge is 0.266 e. The van der Waals surface area contributed by atoms with Gasteiger partial charge < -0.3 is 14.6 Å². The maximum absolute atomic E-state index is 14.1. The van der Waals surface area contributed by atoms with Crippen molar-refractivity contribution in [1.29, 1.82) is 0 Å². The Balaban J connectivity index is 1.55. The number of hydrogen-bond acceptors (Lipinski definition) is 7. The van der Waals surface area contributed by atoms with Crippen molar-refractivity contribution in [3.8, 4) is 5.75 Å².